The fourth-order valence-corrected chi connectivity index (χ4v) is 2.34. The first-order chi connectivity index (χ1) is 10.7. The van der Waals surface area contributed by atoms with Crippen molar-refractivity contribution in [1.82, 2.24) is 4.98 Å². The van der Waals surface area contributed by atoms with Crippen LogP contribution in [0.25, 0.3) is 10.9 Å². The molecule has 2 heterocycles. The van der Waals surface area contributed by atoms with Gasteiger partial charge in [-0.1, -0.05) is 18.2 Å². The van der Waals surface area contributed by atoms with Gasteiger partial charge in [0.2, 0.25) is 5.91 Å². The fraction of sp³-hybridized carbons (Fsp3) is 0.294. The minimum absolute atomic E-state index is 0.0607. The SMILES string of the molecule is C#CCCC1(CCC(=O)Nc2cnc3ccccc3c2)N=N1. The van der Waals surface area contributed by atoms with Crippen LogP contribution < -0.4 is 5.32 Å². The van der Waals surface area contributed by atoms with Crippen LogP contribution in [0.4, 0.5) is 5.69 Å². The largest absolute Gasteiger partial charge is 0.325 e. The second kappa shape index (κ2) is 5.94. The zero-order chi connectivity index (χ0) is 15.4. The highest BCUT2D eigenvalue weighted by atomic mass is 16.1. The van der Waals surface area contributed by atoms with E-state index in [-0.39, 0.29) is 5.91 Å². The Kier molecular flexibility index (Phi) is 3.84. The summed E-state index contributed by atoms with van der Waals surface area (Å²) in [6, 6.07) is 9.70. The van der Waals surface area contributed by atoms with Gasteiger partial charge in [0.1, 0.15) is 0 Å². The van der Waals surface area contributed by atoms with Gasteiger partial charge in [0.25, 0.3) is 0 Å². The van der Waals surface area contributed by atoms with Crippen LogP contribution in [0, 0.1) is 12.3 Å². The summed E-state index contributed by atoms with van der Waals surface area (Å²) in [5.41, 5.74) is 1.20. The number of nitrogens with one attached hydrogen (secondary N) is 1. The smallest absolute Gasteiger partial charge is 0.224 e. The van der Waals surface area contributed by atoms with Crippen LogP contribution in [0.3, 0.4) is 0 Å². The van der Waals surface area contributed by atoms with Crippen molar-refractivity contribution in [3.05, 3.63) is 36.5 Å². The standard InChI is InChI=1S/C17H16N4O/c1-2-3-9-17(20-21-17)10-8-16(22)19-14-11-13-6-4-5-7-15(13)18-12-14/h1,4-7,11-12H,3,8-10H2,(H,19,22). The van der Waals surface area contributed by atoms with E-state index in [2.05, 4.69) is 26.4 Å². The van der Waals surface area contributed by atoms with Gasteiger partial charge in [-0.25, -0.2) is 0 Å². The third kappa shape index (κ3) is 3.29. The van der Waals surface area contributed by atoms with E-state index in [4.69, 9.17) is 6.42 Å². The normalized spacial score (nSPS) is 14.5. The predicted molar refractivity (Wildman–Crippen MR) is 85.3 cm³/mol. The van der Waals surface area contributed by atoms with Crippen LogP contribution in [-0.2, 0) is 4.79 Å². The number of aromatic nitrogens is 1. The number of carbonyl (C=O) groups is 1. The molecule has 1 aliphatic heterocycles. The lowest BCUT2D eigenvalue weighted by Crippen LogP contribution is -2.17. The summed E-state index contributed by atoms with van der Waals surface area (Å²) in [6.07, 6.45) is 9.22. The van der Waals surface area contributed by atoms with Gasteiger partial charge in [0.15, 0.2) is 5.66 Å². The zero-order valence-electron chi connectivity index (χ0n) is 12.1. The number of hydrogen-bond donors (Lipinski definition) is 1. The van der Waals surface area contributed by atoms with Crippen molar-refractivity contribution in [1.29, 1.82) is 0 Å². The number of para-hydroxylation sites is 1. The molecule has 1 aliphatic rings. The van der Waals surface area contributed by atoms with Gasteiger partial charge in [0, 0.05) is 31.1 Å². The number of amides is 1. The molecular weight excluding hydrogens is 276 g/mol. The first kappa shape index (κ1) is 14.2. The van der Waals surface area contributed by atoms with Crippen molar-refractivity contribution < 1.29 is 4.79 Å². The molecular formula is C17H16N4O. The summed E-state index contributed by atoms with van der Waals surface area (Å²) in [6.45, 7) is 0. The van der Waals surface area contributed by atoms with Crippen LogP contribution in [0.2, 0.25) is 0 Å². The highest BCUT2D eigenvalue weighted by Gasteiger charge is 2.39. The van der Waals surface area contributed by atoms with Crippen molar-refractivity contribution in [2.75, 3.05) is 5.32 Å². The molecule has 0 saturated heterocycles. The molecule has 0 spiro atoms. The molecule has 0 radical (unpaired) electrons. The number of terminal acetylenes is 1. The number of rotatable bonds is 6. The minimum atomic E-state index is -0.411. The highest BCUT2D eigenvalue weighted by molar-refractivity contribution is 5.93. The van der Waals surface area contributed by atoms with E-state index in [9.17, 15) is 4.79 Å². The topological polar surface area (TPSA) is 66.7 Å². The molecule has 0 bridgehead atoms. The van der Waals surface area contributed by atoms with Crippen LogP contribution in [0.15, 0.2) is 46.8 Å². The molecule has 1 amide bonds. The molecule has 0 atom stereocenters. The average molecular weight is 292 g/mol. The monoisotopic (exact) mass is 292 g/mol. The Morgan fingerprint density at radius 3 is 2.86 bits per heavy atom. The first-order valence-electron chi connectivity index (χ1n) is 7.23. The molecule has 22 heavy (non-hydrogen) atoms. The van der Waals surface area contributed by atoms with Gasteiger partial charge in [-0.2, -0.15) is 10.2 Å². The Labute approximate surface area is 128 Å². The molecule has 3 rings (SSSR count). The number of anilines is 1. The number of nitrogens with zero attached hydrogens (tertiary/aromatic N) is 3. The molecule has 110 valence electrons. The van der Waals surface area contributed by atoms with Crippen molar-refractivity contribution in [2.45, 2.75) is 31.3 Å². The summed E-state index contributed by atoms with van der Waals surface area (Å²) >= 11 is 0. The van der Waals surface area contributed by atoms with Gasteiger partial charge in [-0.05, 0) is 12.1 Å². The van der Waals surface area contributed by atoms with Gasteiger partial charge in [-0.3, -0.25) is 9.78 Å². The number of hydrogen-bond acceptors (Lipinski definition) is 4. The first-order valence-corrected chi connectivity index (χ1v) is 7.23. The highest BCUT2D eigenvalue weighted by Crippen LogP contribution is 2.37. The summed E-state index contributed by atoms with van der Waals surface area (Å²) < 4.78 is 0. The summed E-state index contributed by atoms with van der Waals surface area (Å²) in [5, 5.41) is 11.9. The van der Waals surface area contributed by atoms with E-state index in [1.165, 1.54) is 0 Å². The van der Waals surface area contributed by atoms with Gasteiger partial charge < -0.3 is 5.32 Å². The molecule has 0 fully saturated rings. The predicted octanol–water partition coefficient (Wildman–Crippen LogP) is 3.53. The Balaban J connectivity index is 1.56. The minimum Gasteiger partial charge on any atom is -0.325 e. The molecule has 0 saturated carbocycles. The third-order valence-electron chi connectivity index (χ3n) is 3.68. The van der Waals surface area contributed by atoms with Crippen LogP contribution in [0.5, 0.6) is 0 Å². The van der Waals surface area contributed by atoms with Crippen molar-refractivity contribution in [3.63, 3.8) is 0 Å². The number of benzene rings is 1. The summed E-state index contributed by atoms with van der Waals surface area (Å²) in [5.74, 6) is 2.52. The number of carbonyl (C=O) groups excluding carboxylic acids is 1. The van der Waals surface area contributed by atoms with Crippen molar-refractivity contribution in [2.24, 2.45) is 10.2 Å². The average Bonchev–Trinajstić information content (AvgIpc) is 3.31. The van der Waals surface area contributed by atoms with Gasteiger partial charge in [-0.15, -0.1) is 12.3 Å². The Morgan fingerprint density at radius 2 is 2.09 bits per heavy atom. The molecule has 5 heteroatoms. The molecule has 1 aromatic carbocycles. The maximum absolute atomic E-state index is 12.0. The summed E-state index contributed by atoms with van der Waals surface area (Å²) in [4.78, 5) is 16.4. The number of pyridine rings is 1. The molecule has 1 N–H and O–H groups in total. The second-order valence-electron chi connectivity index (χ2n) is 5.35. The quantitative estimate of drug-likeness (QED) is 0.828. The van der Waals surface area contributed by atoms with Crippen molar-refractivity contribution >= 4 is 22.5 Å². The van der Waals surface area contributed by atoms with E-state index in [1.54, 1.807) is 6.20 Å². The van der Waals surface area contributed by atoms with E-state index < -0.39 is 5.66 Å². The Hall–Kier alpha value is -2.74. The molecule has 0 unspecified atom stereocenters. The fourth-order valence-electron chi connectivity index (χ4n) is 2.34. The van der Waals surface area contributed by atoms with E-state index >= 15 is 0 Å². The lowest BCUT2D eigenvalue weighted by atomic mass is 10.0. The maximum atomic E-state index is 12.0. The molecule has 5 nitrogen and oxygen atoms in total. The van der Waals surface area contributed by atoms with Gasteiger partial charge in [0.05, 0.1) is 17.4 Å². The van der Waals surface area contributed by atoms with Crippen LogP contribution in [0.1, 0.15) is 25.7 Å². The Morgan fingerprint density at radius 1 is 1.27 bits per heavy atom. The molecule has 1 aromatic heterocycles. The van der Waals surface area contributed by atoms with Gasteiger partial charge >= 0.3 is 0 Å². The lowest BCUT2D eigenvalue weighted by Gasteiger charge is -2.09. The maximum Gasteiger partial charge on any atom is 0.224 e. The molecule has 2 aromatic rings. The second-order valence-corrected chi connectivity index (χ2v) is 5.35. The summed E-state index contributed by atoms with van der Waals surface area (Å²) in [7, 11) is 0. The van der Waals surface area contributed by atoms with Crippen molar-refractivity contribution in [3.8, 4) is 12.3 Å². The van der Waals surface area contributed by atoms with Crippen LogP contribution in [-0.4, -0.2) is 16.6 Å². The lowest BCUT2D eigenvalue weighted by molar-refractivity contribution is -0.116. The van der Waals surface area contributed by atoms with E-state index in [0.29, 0.717) is 31.4 Å². The van der Waals surface area contributed by atoms with E-state index in [0.717, 1.165) is 10.9 Å². The Bertz CT molecular complexity index is 770. The van der Waals surface area contributed by atoms with E-state index in [1.807, 2.05) is 30.3 Å². The molecule has 0 aliphatic carbocycles. The number of fused-ring (bicyclic) bond motifs is 1. The van der Waals surface area contributed by atoms with Crippen LogP contribution >= 0.6 is 0 Å². The third-order valence-corrected chi connectivity index (χ3v) is 3.68. The zero-order valence-corrected chi connectivity index (χ0v) is 12.1.